The van der Waals surface area contributed by atoms with E-state index in [1.54, 1.807) is 14.1 Å². The van der Waals surface area contributed by atoms with Crippen LogP contribution in [0.3, 0.4) is 0 Å². The zero-order valence-corrected chi connectivity index (χ0v) is 25.1. The van der Waals surface area contributed by atoms with E-state index < -0.39 is 0 Å². The van der Waals surface area contributed by atoms with Gasteiger partial charge in [0.05, 0.1) is 19.1 Å². The quantitative estimate of drug-likeness (QED) is 0.210. The van der Waals surface area contributed by atoms with E-state index in [0.717, 1.165) is 54.7 Å². The molecule has 1 aliphatic rings. The standard InChI is InChI=1S/C22H34N4O4.C9H11Cl/c1-23-16-20(28)24-11-5-7-17-6-3-4-8-19(17)30-15-12-25-21(18-9-10-18)22(29)26(2)13-14-27;1-3-8-5-4-7(2)6-9(8)10/h3-4,6,8,14,18,21,23,25H,5,7,9-13,15-16H2,1-2H3,(H,24,28);4-6H,3H2,1-2H3. The lowest BCUT2D eigenvalue weighted by molar-refractivity contribution is -0.134. The summed E-state index contributed by atoms with van der Waals surface area (Å²) >= 11 is 5.93. The number of aldehydes is 1. The number of nitrogens with zero attached hydrogens (tertiary/aromatic N) is 1. The highest BCUT2D eigenvalue weighted by Gasteiger charge is 2.37. The van der Waals surface area contributed by atoms with Gasteiger partial charge in [-0.15, -0.1) is 0 Å². The lowest BCUT2D eigenvalue weighted by Gasteiger charge is -2.23. The van der Waals surface area contributed by atoms with E-state index in [1.807, 2.05) is 37.3 Å². The van der Waals surface area contributed by atoms with E-state index in [4.69, 9.17) is 16.3 Å². The van der Waals surface area contributed by atoms with E-state index in [-0.39, 0.29) is 24.4 Å². The van der Waals surface area contributed by atoms with E-state index >= 15 is 0 Å². The van der Waals surface area contributed by atoms with Crippen molar-refractivity contribution in [2.75, 3.05) is 46.9 Å². The summed E-state index contributed by atoms with van der Waals surface area (Å²) in [4.78, 5) is 36.1. The highest BCUT2D eigenvalue weighted by atomic mass is 35.5. The summed E-state index contributed by atoms with van der Waals surface area (Å²) in [7, 11) is 3.40. The Hall–Kier alpha value is -2.94. The Morgan fingerprint density at radius 1 is 1.15 bits per heavy atom. The molecule has 0 radical (unpaired) electrons. The van der Waals surface area contributed by atoms with Gasteiger partial charge in [-0.2, -0.15) is 0 Å². The molecule has 0 heterocycles. The first kappa shape index (κ1) is 33.3. The highest BCUT2D eigenvalue weighted by Crippen LogP contribution is 2.33. The number of hydrogen-bond acceptors (Lipinski definition) is 6. The van der Waals surface area contributed by atoms with Crippen molar-refractivity contribution in [1.82, 2.24) is 20.9 Å². The normalized spacial score (nSPS) is 13.0. The second-order valence-corrected chi connectivity index (χ2v) is 10.5. The van der Waals surface area contributed by atoms with Crippen molar-refractivity contribution < 1.29 is 19.1 Å². The van der Waals surface area contributed by atoms with Gasteiger partial charge in [-0.1, -0.05) is 48.9 Å². The van der Waals surface area contributed by atoms with Crippen LogP contribution in [0.25, 0.3) is 0 Å². The number of carbonyl (C=O) groups is 3. The molecular formula is C31H45ClN4O4. The van der Waals surface area contributed by atoms with E-state index in [9.17, 15) is 14.4 Å². The third-order valence-electron chi connectivity index (χ3n) is 6.65. The van der Waals surface area contributed by atoms with E-state index in [2.05, 4.69) is 35.0 Å². The van der Waals surface area contributed by atoms with Crippen molar-refractivity contribution in [3.8, 4) is 5.75 Å². The first-order valence-electron chi connectivity index (χ1n) is 14.1. The average Bonchev–Trinajstić information content (AvgIpc) is 3.77. The Balaban J connectivity index is 0.000000469. The number of rotatable bonds is 16. The third kappa shape index (κ3) is 12.1. The van der Waals surface area contributed by atoms with Crippen LogP contribution >= 0.6 is 11.6 Å². The third-order valence-corrected chi connectivity index (χ3v) is 7.00. The monoisotopic (exact) mass is 572 g/mol. The van der Waals surface area contributed by atoms with Gasteiger partial charge in [-0.3, -0.25) is 9.59 Å². The number of carbonyl (C=O) groups excluding carboxylic acids is 3. The summed E-state index contributed by atoms with van der Waals surface area (Å²) in [5.74, 6) is 1.13. The molecule has 1 saturated carbocycles. The van der Waals surface area contributed by atoms with Gasteiger partial charge in [0.25, 0.3) is 0 Å². The van der Waals surface area contributed by atoms with Crippen LogP contribution < -0.4 is 20.7 Å². The van der Waals surface area contributed by atoms with Crippen molar-refractivity contribution in [2.45, 2.75) is 52.0 Å². The molecule has 8 nitrogen and oxygen atoms in total. The fraction of sp³-hybridized carbons (Fsp3) is 0.516. The number of likely N-dealkylation sites (N-methyl/N-ethyl adjacent to an activating group) is 2. The Labute approximate surface area is 244 Å². The number of amides is 2. The predicted octanol–water partition coefficient (Wildman–Crippen LogP) is 3.57. The highest BCUT2D eigenvalue weighted by molar-refractivity contribution is 6.31. The zero-order chi connectivity index (χ0) is 29.3. The Kier molecular flexibility index (Phi) is 15.3. The van der Waals surface area contributed by atoms with Crippen molar-refractivity contribution >= 4 is 29.7 Å². The lowest BCUT2D eigenvalue weighted by Crippen LogP contribution is -2.48. The SMILES string of the molecule is CCc1ccc(C)cc1Cl.CNCC(=O)NCCCc1ccccc1OCCNC(C(=O)N(C)CC=O)C1CC1. The van der Waals surface area contributed by atoms with Crippen molar-refractivity contribution in [1.29, 1.82) is 0 Å². The largest absolute Gasteiger partial charge is 0.492 e. The van der Waals surface area contributed by atoms with Gasteiger partial charge in [0.2, 0.25) is 11.8 Å². The van der Waals surface area contributed by atoms with Gasteiger partial charge in [-0.25, -0.2) is 0 Å². The number of ether oxygens (including phenoxy) is 1. The van der Waals surface area contributed by atoms with Gasteiger partial charge in [-0.05, 0) is 80.8 Å². The number of benzene rings is 2. The molecular weight excluding hydrogens is 528 g/mol. The zero-order valence-electron chi connectivity index (χ0n) is 24.3. The van der Waals surface area contributed by atoms with Crippen LogP contribution in [-0.4, -0.2) is 75.9 Å². The Morgan fingerprint density at radius 2 is 1.90 bits per heavy atom. The molecule has 3 N–H and O–H groups in total. The molecule has 220 valence electrons. The molecule has 0 bridgehead atoms. The molecule has 3 rings (SSSR count). The topological polar surface area (TPSA) is 99.8 Å². The molecule has 2 aromatic rings. The van der Waals surface area contributed by atoms with Gasteiger partial charge >= 0.3 is 0 Å². The molecule has 0 spiro atoms. The molecule has 1 fully saturated rings. The summed E-state index contributed by atoms with van der Waals surface area (Å²) in [6.07, 6.45) is 5.46. The fourth-order valence-electron chi connectivity index (χ4n) is 4.22. The molecule has 1 aliphatic carbocycles. The van der Waals surface area contributed by atoms with Crippen LogP contribution in [0.5, 0.6) is 5.75 Å². The Morgan fingerprint density at radius 3 is 2.55 bits per heavy atom. The van der Waals surface area contributed by atoms with Crippen LogP contribution in [0, 0.1) is 12.8 Å². The summed E-state index contributed by atoms with van der Waals surface area (Å²) < 4.78 is 5.95. The van der Waals surface area contributed by atoms with Gasteiger partial charge in [0.1, 0.15) is 18.6 Å². The van der Waals surface area contributed by atoms with Crippen LogP contribution in [0.1, 0.15) is 42.9 Å². The molecule has 9 heteroatoms. The molecule has 1 atom stereocenters. The first-order valence-corrected chi connectivity index (χ1v) is 14.5. The average molecular weight is 573 g/mol. The van der Waals surface area contributed by atoms with Gasteiger partial charge in [0, 0.05) is 25.2 Å². The van der Waals surface area contributed by atoms with Crippen molar-refractivity contribution in [3.05, 3.63) is 64.2 Å². The maximum absolute atomic E-state index is 12.5. The summed E-state index contributed by atoms with van der Waals surface area (Å²) in [5, 5.41) is 9.89. The molecule has 0 saturated heterocycles. The van der Waals surface area contributed by atoms with Crippen LogP contribution in [0.15, 0.2) is 42.5 Å². The van der Waals surface area contributed by atoms with Crippen molar-refractivity contribution in [2.24, 2.45) is 5.92 Å². The first-order chi connectivity index (χ1) is 19.3. The molecule has 0 aromatic heterocycles. The molecule has 2 amide bonds. The summed E-state index contributed by atoms with van der Waals surface area (Å²) in [6.45, 7) is 6.21. The second kappa shape index (κ2) is 18.4. The molecule has 40 heavy (non-hydrogen) atoms. The minimum absolute atomic E-state index is 0.00772. The minimum atomic E-state index is -0.255. The van der Waals surface area contributed by atoms with E-state index in [1.165, 1.54) is 16.0 Å². The number of aryl methyl sites for hydroxylation is 3. The number of para-hydroxylation sites is 1. The van der Waals surface area contributed by atoms with Crippen LogP contribution in [0.4, 0.5) is 0 Å². The second-order valence-electron chi connectivity index (χ2n) is 10.0. The Bertz CT molecular complexity index is 1080. The molecule has 1 unspecified atom stereocenters. The maximum Gasteiger partial charge on any atom is 0.240 e. The summed E-state index contributed by atoms with van der Waals surface area (Å²) in [6, 6.07) is 13.8. The van der Waals surface area contributed by atoms with Crippen LogP contribution in [0.2, 0.25) is 5.02 Å². The predicted molar refractivity (Wildman–Crippen MR) is 161 cm³/mol. The summed E-state index contributed by atoms with van der Waals surface area (Å²) in [5.41, 5.74) is 3.55. The number of halogens is 1. The van der Waals surface area contributed by atoms with Gasteiger partial charge in [0.15, 0.2) is 0 Å². The van der Waals surface area contributed by atoms with Crippen molar-refractivity contribution in [3.63, 3.8) is 0 Å². The maximum atomic E-state index is 12.5. The fourth-order valence-corrected chi connectivity index (χ4v) is 4.59. The van der Waals surface area contributed by atoms with E-state index in [0.29, 0.717) is 32.2 Å². The van der Waals surface area contributed by atoms with Gasteiger partial charge < -0.3 is 30.4 Å². The number of hydrogen-bond donors (Lipinski definition) is 3. The smallest absolute Gasteiger partial charge is 0.240 e. The minimum Gasteiger partial charge on any atom is -0.492 e. The number of nitrogens with one attached hydrogen (secondary N) is 3. The molecule has 2 aromatic carbocycles. The van der Waals surface area contributed by atoms with Crippen LogP contribution in [-0.2, 0) is 27.2 Å². The molecule has 0 aliphatic heterocycles. The lowest BCUT2D eigenvalue weighted by atomic mass is 10.1.